The van der Waals surface area contributed by atoms with Crippen LogP contribution in [0.15, 0.2) is 24.3 Å². The summed E-state index contributed by atoms with van der Waals surface area (Å²) in [5.41, 5.74) is -0.0928. The summed E-state index contributed by atoms with van der Waals surface area (Å²) < 4.78 is 5.53. The monoisotopic (exact) mass is 357 g/mol. The number of ether oxygens (including phenoxy) is 1. The molecule has 4 aliphatic carbocycles. The van der Waals surface area contributed by atoms with Crippen LogP contribution < -0.4 is 10.1 Å². The van der Waals surface area contributed by atoms with Crippen LogP contribution in [-0.4, -0.2) is 19.1 Å². The predicted octanol–water partition coefficient (Wildman–Crippen LogP) is 4.05. The third kappa shape index (κ3) is 3.51. The molecule has 1 N–H and O–H groups in total. The summed E-state index contributed by atoms with van der Waals surface area (Å²) >= 11 is 6.03. The second-order valence-electron chi connectivity index (χ2n) is 7.95. The van der Waals surface area contributed by atoms with E-state index >= 15 is 0 Å². The van der Waals surface area contributed by atoms with Gasteiger partial charge in [-0.1, -0.05) is 35.6 Å². The molecule has 0 atom stereocenters. The van der Waals surface area contributed by atoms with Gasteiger partial charge in [-0.15, -0.1) is 0 Å². The zero-order valence-electron chi connectivity index (χ0n) is 14.4. The van der Waals surface area contributed by atoms with Gasteiger partial charge in [-0.3, -0.25) is 4.79 Å². The molecule has 5 rings (SSSR count). The van der Waals surface area contributed by atoms with Crippen LogP contribution in [0.25, 0.3) is 0 Å². The number of amides is 1. The fraction of sp³-hybridized carbons (Fsp3) is 0.571. The molecule has 0 aromatic heterocycles. The Balaban J connectivity index is 1.25. The minimum absolute atomic E-state index is 0.0928. The molecular weight excluding hydrogens is 334 g/mol. The van der Waals surface area contributed by atoms with E-state index in [-0.39, 0.29) is 17.9 Å². The molecule has 25 heavy (non-hydrogen) atoms. The molecule has 4 saturated carbocycles. The third-order valence-corrected chi connectivity index (χ3v) is 6.43. The van der Waals surface area contributed by atoms with E-state index in [4.69, 9.17) is 16.3 Å². The molecule has 4 aliphatic rings. The quantitative estimate of drug-likeness (QED) is 0.825. The highest BCUT2D eigenvalue weighted by Crippen LogP contribution is 2.60. The minimum Gasteiger partial charge on any atom is -0.479 e. The number of carbonyl (C=O) groups is 1. The molecule has 0 radical (unpaired) electrons. The standard InChI is InChI=1S/C21H24ClNO2/c22-18-5-1-2-6-19(18)25-8-4-3-7-23-20(24)21-12-15-9-16(13-21)11-17(10-15)14-21/h1-2,5-6,15-17H,7-14H2,(H,23,24). The van der Waals surface area contributed by atoms with E-state index in [1.165, 1.54) is 19.3 Å². The summed E-state index contributed by atoms with van der Waals surface area (Å²) in [6, 6.07) is 7.34. The molecule has 0 spiro atoms. The van der Waals surface area contributed by atoms with E-state index in [1.54, 1.807) is 6.07 Å². The van der Waals surface area contributed by atoms with E-state index in [1.807, 2.05) is 18.2 Å². The SMILES string of the molecule is O=C(NCC#CCOc1ccccc1Cl)C12CC3CC(CC(C3)C1)C2. The maximum atomic E-state index is 12.8. The molecule has 4 bridgehead atoms. The zero-order valence-corrected chi connectivity index (χ0v) is 15.1. The van der Waals surface area contributed by atoms with Gasteiger partial charge >= 0.3 is 0 Å². The van der Waals surface area contributed by atoms with Crippen molar-refractivity contribution < 1.29 is 9.53 Å². The van der Waals surface area contributed by atoms with Crippen molar-refractivity contribution in [1.82, 2.24) is 5.32 Å². The number of para-hydroxylation sites is 1. The first kappa shape index (κ1) is 16.8. The Bertz CT molecular complexity index is 683. The molecule has 1 amide bonds. The van der Waals surface area contributed by atoms with Crippen molar-refractivity contribution in [3.8, 4) is 17.6 Å². The molecule has 0 unspecified atom stereocenters. The number of benzene rings is 1. The lowest BCUT2D eigenvalue weighted by atomic mass is 9.49. The smallest absolute Gasteiger partial charge is 0.226 e. The van der Waals surface area contributed by atoms with Crippen molar-refractivity contribution in [2.45, 2.75) is 38.5 Å². The number of nitrogens with one attached hydrogen (secondary N) is 1. The Hall–Kier alpha value is -1.66. The van der Waals surface area contributed by atoms with Crippen molar-refractivity contribution >= 4 is 17.5 Å². The van der Waals surface area contributed by atoms with Gasteiger partial charge in [0.05, 0.1) is 11.6 Å². The van der Waals surface area contributed by atoms with Gasteiger partial charge in [0.1, 0.15) is 12.4 Å². The Morgan fingerprint density at radius 3 is 2.40 bits per heavy atom. The lowest BCUT2D eigenvalue weighted by Gasteiger charge is -2.55. The molecule has 0 saturated heterocycles. The molecule has 4 heteroatoms. The number of halogens is 1. The first-order valence-corrected chi connectivity index (χ1v) is 9.64. The fourth-order valence-electron chi connectivity index (χ4n) is 5.49. The first-order valence-electron chi connectivity index (χ1n) is 9.26. The van der Waals surface area contributed by atoms with Crippen molar-refractivity contribution in [3.05, 3.63) is 29.3 Å². The maximum absolute atomic E-state index is 12.8. The zero-order chi connectivity index (χ0) is 17.3. The Morgan fingerprint density at radius 2 is 1.76 bits per heavy atom. The first-order chi connectivity index (χ1) is 12.1. The largest absolute Gasteiger partial charge is 0.479 e. The normalized spacial score (nSPS) is 32.0. The summed E-state index contributed by atoms with van der Waals surface area (Å²) in [5, 5.41) is 3.64. The van der Waals surface area contributed by atoms with E-state index < -0.39 is 0 Å². The summed E-state index contributed by atoms with van der Waals surface area (Å²) in [7, 11) is 0. The van der Waals surface area contributed by atoms with Crippen LogP contribution in [0.2, 0.25) is 5.02 Å². The number of carbonyl (C=O) groups excluding carboxylic acids is 1. The Morgan fingerprint density at radius 1 is 1.12 bits per heavy atom. The van der Waals surface area contributed by atoms with Crippen molar-refractivity contribution in [2.24, 2.45) is 23.2 Å². The highest BCUT2D eigenvalue weighted by Gasteiger charge is 2.54. The van der Waals surface area contributed by atoms with Crippen molar-refractivity contribution in [3.63, 3.8) is 0 Å². The van der Waals surface area contributed by atoms with Gasteiger partial charge in [0, 0.05) is 5.41 Å². The van der Waals surface area contributed by atoms with Gasteiger partial charge in [0.15, 0.2) is 0 Å². The highest BCUT2D eigenvalue weighted by atomic mass is 35.5. The third-order valence-electron chi connectivity index (χ3n) is 6.12. The topological polar surface area (TPSA) is 38.3 Å². The molecule has 4 fully saturated rings. The van der Waals surface area contributed by atoms with Gasteiger partial charge < -0.3 is 10.1 Å². The summed E-state index contributed by atoms with van der Waals surface area (Å²) in [6.07, 6.45) is 7.33. The van der Waals surface area contributed by atoms with Crippen LogP contribution in [0.4, 0.5) is 0 Å². The van der Waals surface area contributed by atoms with Gasteiger partial charge in [-0.05, 0) is 68.4 Å². The molecule has 3 nitrogen and oxygen atoms in total. The van der Waals surface area contributed by atoms with Gasteiger partial charge in [-0.2, -0.15) is 0 Å². The lowest BCUT2D eigenvalue weighted by Crippen LogP contribution is -2.53. The van der Waals surface area contributed by atoms with Crippen LogP contribution in [0.5, 0.6) is 5.75 Å². The second-order valence-corrected chi connectivity index (χ2v) is 8.36. The highest BCUT2D eigenvalue weighted by molar-refractivity contribution is 6.32. The van der Waals surface area contributed by atoms with Crippen molar-refractivity contribution in [1.29, 1.82) is 0 Å². The van der Waals surface area contributed by atoms with Crippen LogP contribution in [-0.2, 0) is 4.79 Å². The average Bonchev–Trinajstić information content (AvgIpc) is 2.58. The van der Waals surface area contributed by atoms with Gasteiger partial charge in [-0.25, -0.2) is 0 Å². The van der Waals surface area contributed by atoms with Crippen LogP contribution in [0.1, 0.15) is 38.5 Å². The van der Waals surface area contributed by atoms with E-state index in [0.29, 0.717) is 17.3 Å². The van der Waals surface area contributed by atoms with Crippen LogP contribution >= 0.6 is 11.6 Å². The number of hydrogen-bond acceptors (Lipinski definition) is 2. The Kier molecular flexibility index (Phi) is 4.65. The van der Waals surface area contributed by atoms with Gasteiger partial charge in [0.25, 0.3) is 0 Å². The molecule has 132 valence electrons. The molecule has 0 heterocycles. The lowest BCUT2D eigenvalue weighted by molar-refractivity contribution is -0.145. The summed E-state index contributed by atoms with van der Waals surface area (Å²) in [5.74, 6) is 9.15. The predicted molar refractivity (Wildman–Crippen MR) is 98.3 cm³/mol. The van der Waals surface area contributed by atoms with E-state index in [9.17, 15) is 4.79 Å². The fourth-order valence-corrected chi connectivity index (χ4v) is 5.68. The Labute approximate surface area is 154 Å². The number of rotatable bonds is 4. The molecule has 1 aromatic carbocycles. The summed E-state index contributed by atoms with van der Waals surface area (Å²) in [6.45, 7) is 0.670. The van der Waals surface area contributed by atoms with Crippen molar-refractivity contribution in [2.75, 3.05) is 13.2 Å². The average molecular weight is 358 g/mol. The molecule has 1 aromatic rings. The molecule has 0 aliphatic heterocycles. The van der Waals surface area contributed by atoms with Crippen LogP contribution in [0, 0.1) is 35.0 Å². The second kappa shape index (κ2) is 6.92. The van der Waals surface area contributed by atoms with Crippen LogP contribution in [0.3, 0.4) is 0 Å². The summed E-state index contributed by atoms with van der Waals surface area (Å²) in [4.78, 5) is 12.8. The minimum atomic E-state index is -0.0928. The number of hydrogen-bond donors (Lipinski definition) is 1. The maximum Gasteiger partial charge on any atom is 0.226 e. The van der Waals surface area contributed by atoms with E-state index in [2.05, 4.69) is 17.2 Å². The molecular formula is C21H24ClNO2. The van der Waals surface area contributed by atoms with E-state index in [0.717, 1.165) is 37.0 Å². The van der Waals surface area contributed by atoms with Gasteiger partial charge in [0.2, 0.25) is 5.91 Å².